The van der Waals surface area contributed by atoms with Crippen LogP contribution in [0.15, 0.2) is 65.8 Å². The number of carbonyl (C=O) groups is 2. The minimum absolute atomic E-state index is 0.144. The van der Waals surface area contributed by atoms with Gasteiger partial charge in [0.2, 0.25) is 11.9 Å². The largest absolute Gasteiger partial charge is 0.324 e. The number of thiazole rings is 1. The minimum atomic E-state index is -3.77. The van der Waals surface area contributed by atoms with E-state index in [4.69, 9.17) is 0 Å². The van der Waals surface area contributed by atoms with Crippen LogP contribution in [0.5, 0.6) is 0 Å². The van der Waals surface area contributed by atoms with Crippen LogP contribution in [0.4, 0.5) is 26.8 Å². The predicted molar refractivity (Wildman–Crippen MR) is 161 cm³/mol. The van der Waals surface area contributed by atoms with Gasteiger partial charge in [-0.05, 0) is 61.9 Å². The van der Waals surface area contributed by atoms with Gasteiger partial charge in [-0.2, -0.15) is 5.10 Å². The highest BCUT2D eigenvalue weighted by atomic mass is 32.2. The van der Waals surface area contributed by atoms with Gasteiger partial charge in [0.1, 0.15) is 5.82 Å². The van der Waals surface area contributed by atoms with Crippen molar-refractivity contribution in [3.05, 3.63) is 83.6 Å². The zero-order chi connectivity index (χ0) is 30.9. The lowest BCUT2D eigenvalue weighted by Gasteiger charge is -2.11. The van der Waals surface area contributed by atoms with Crippen LogP contribution in [-0.2, 0) is 14.6 Å². The molecular formula is C28H25FN8O4S2. The number of anilines is 4. The summed E-state index contributed by atoms with van der Waals surface area (Å²) in [5.41, 5.74) is 3.33. The van der Waals surface area contributed by atoms with Crippen LogP contribution in [0.2, 0.25) is 0 Å². The number of aryl methyl sites for hydroxylation is 2. The number of benzene rings is 2. The van der Waals surface area contributed by atoms with Crippen molar-refractivity contribution in [3.63, 3.8) is 0 Å². The molecule has 2 aromatic carbocycles. The minimum Gasteiger partial charge on any atom is -0.324 e. The maximum atomic E-state index is 13.4. The van der Waals surface area contributed by atoms with Crippen molar-refractivity contribution < 1.29 is 22.4 Å². The molecule has 0 saturated heterocycles. The normalized spacial score (nSPS) is 11.3. The molecule has 0 spiro atoms. The second-order valence-electron chi connectivity index (χ2n) is 9.52. The second kappa shape index (κ2) is 11.7. The maximum Gasteiger partial charge on any atom is 0.276 e. The molecule has 12 nitrogen and oxygen atoms in total. The third kappa shape index (κ3) is 6.73. The quantitative estimate of drug-likeness (QED) is 0.219. The van der Waals surface area contributed by atoms with Crippen LogP contribution in [-0.4, -0.2) is 51.2 Å². The molecule has 0 radical (unpaired) electrons. The van der Waals surface area contributed by atoms with Crippen molar-refractivity contribution in [1.82, 2.24) is 24.7 Å². The first-order valence-electron chi connectivity index (χ1n) is 12.7. The molecule has 3 N–H and O–H groups in total. The van der Waals surface area contributed by atoms with Crippen LogP contribution in [0.1, 0.15) is 28.7 Å². The fourth-order valence-corrected chi connectivity index (χ4v) is 5.81. The number of aromatic nitrogens is 5. The SMILES string of the molecule is CC(=O)Nc1nc(C)c(-c2ccnc(Nc3cc(NC(=O)c4cc(S(C)(=O)=O)n(-c5ccc(F)cc5)n4)ccc3C)n2)s1. The third-order valence-corrected chi connectivity index (χ3v) is 8.22. The Labute approximate surface area is 250 Å². The lowest BCUT2D eigenvalue weighted by atomic mass is 10.1. The van der Waals surface area contributed by atoms with E-state index >= 15 is 0 Å². The first-order chi connectivity index (χ1) is 20.4. The molecule has 220 valence electrons. The summed E-state index contributed by atoms with van der Waals surface area (Å²) in [5, 5.41) is 13.0. The van der Waals surface area contributed by atoms with E-state index < -0.39 is 21.6 Å². The number of sulfone groups is 1. The number of amides is 2. The summed E-state index contributed by atoms with van der Waals surface area (Å²) >= 11 is 1.30. The van der Waals surface area contributed by atoms with E-state index in [9.17, 15) is 22.4 Å². The first kappa shape index (κ1) is 29.5. The highest BCUT2D eigenvalue weighted by Gasteiger charge is 2.22. The summed E-state index contributed by atoms with van der Waals surface area (Å²) in [6.07, 6.45) is 2.60. The summed E-state index contributed by atoms with van der Waals surface area (Å²) in [5.74, 6) is -1.06. The van der Waals surface area contributed by atoms with Crippen LogP contribution in [0.3, 0.4) is 0 Å². The van der Waals surface area contributed by atoms with Crippen molar-refractivity contribution in [3.8, 4) is 16.3 Å². The summed E-state index contributed by atoms with van der Waals surface area (Å²) in [6.45, 7) is 5.10. The van der Waals surface area contributed by atoms with Crippen molar-refractivity contribution in [2.24, 2.45) is 0 Å². The highest BCUT2D eigenvalue weighted by molar-refractivity contribution is 7.90. The lowest BCUT2D eigenvalue weighted by molar-refractivity contribution is -0.114. The Morgan fingerprint density at radius 2 is 1.72 bits per heavy atom. The maximum absolute atomic E-state index is 13.4. The van der Waals surface area contributed by atoms with E-state index in [0.717, 1.165) is 21.4 Å². The Morgan fingerprint density at radius 1 is 0.977 bits per heavy atom. The number of hydrogen-bond acceptors (Lipinski definition) is 10. The van der Waals surface area contributed by atoms with Gasteiger partial charge >= 0.3 is 0 Å². The topological polar surface area (TPSA) is 161 Å². The molecule has 15 heteroatoms. The molecule has 0 aliphatic heterocycles. The Morgan fingerprint density at radius 3 is 2.42 bits per heavy atom. The van der Waals surface area contributed by atoms with Gasteiger partial charge in [0.15, 0.2) is 25.7 Å². The number of nitrogens with zero attached hydrogens (tertiary/aromatic N) is 5. The van der Waals surface area contributed by atoms with Crippen LogP contribution in [0, 0.1) is 19.7 Å². The average molecular weight is 621 g/mol. The van der Waals surface area contributed by atoms with Gasteiger partial charge in [-0.25, -0.2) is 32.4 Å². The van der Waals surface area contributed by atoms with Gasteiger partial charge < -0.3 is 16.0 Å². The molecule has 0 unspecified atom stereocenters. The zero-order valence-corrected chi connectivity index (χ0v) is 25.0. The summed E-state index contributed by atoms with van der Waals surface area (Å²) in [4.78, 5) is 38.6. The number of carbonyl (C=O) groups excluding carboxylic acids is 2. The standard InChI is InChI=1S/C28H25FN8O4S2/c1-15-5-8-19(33-26(39)23-14-24(43(4,40)41)37(36-23)20-9-6-18(29)7-10-20)13-22(15)35-27-30-12-11-21(34-27)25-16(2)31-28(42-25)32-17(3)38/h5-14H,1-4H3,(H,33,39)(H,30,34,35)(H,31,32,38). The predicted octanol–water partition coefficient (Wildman–Crippen LogP) is 4.90. The van der Waals surface area contributed by atoms with Gasteiger partial charge in [0, 0.05) is 36.8 Å². The van der Waals surface area contributed by atoms with E-state index in [1.54, 1.807) is 30.5 Å². The Balaban J connectivity index is 1.38. The van der Waals surface area contributed by atoms with Crippen LogP contribution < -0.4 is 16.0 Å². The molecule has 0 atom stereocenters. The lowest BCUT2D eigenvalue weighted by Crippen LogP contribution is -2.13. The van der Waals surface area contributed by atoms with Crippen LogP contribution in [0.25, 0.3) is 16.3 Å². The molecule has 0 fully saturated rings. The second-order valence-corrected chi connectivity index (χ2v) is 12.5. The summed E-state index contributed by atoms with van der Waals surface area (Å²) < 4.78 is 39.3. The molecule has 5 aromatic rings. The van der Waals surface area contributed by atoms with E-state index in [1.165, 1.54) is 48.6 Å². The molecule has 0 aliphatic rings. The number of hydrogen-bond donors (Lipinski definition) is 3. The van der Waals surface area contributed by atoms with Gasteiger partial charge in [0.25, 0.3) is 5.91 Å². The van der Waals surface area contributed by atoms with Crippen LogP contribution >= 0.6 is 11.3 Å². The van der Waals surface area contributed by atoms with Gasteiger partial charge in [-0.15, -0.1) is 0 Å². The van der Waals surface area contributed by atoms with Gasteiger partial charge in [0.05, 0.1) is 22.0 Å². The number of nitrogens with one attached hydrogen (secondary N) is 3. The molecule has 3 heterocycles. The molecule has 0 bridgehead atoms. The average Bonchev–Trinajstić information content (AvgIpc) is 3.55. The molecule has 2 amide bonds. The van der Waals surface area contributed by atoms with E-state index in [2.05, 4.69) is 36.0 Å². The van der Waals surface area contributed by atoms with E-state index in [0.29, 0.717) is 33.8 Å². The third-order valence-electron chi connectivity index (χ3n) is 6.07. The molecule has 0 aliphatic carbocycles. The summed E-state index contributed by atoms with van der Waals surface area (Å²) in [7, 11) is -3.77. The molecule has 0 saturated carbocycles. The molecule has 3 aromatic heterocycles. The Kier molecular flexibility index (Phi) is 8.02. The fourth-order valence-electron chi connectivity index (χ4n) is 4.04. The Bertz CT molecular complexity index is 1970. The monoisotopic (exact) mass is 620 g/mol. The number of rotatable bonds is 8. The van der Waals surface area contributed by atoms with Gasteiger partial charge in [-0.3, -0.25) is 9.59 Å². The zero-order valence-electron chi connectivity index (χ0n) is 23.3. The van der Waals surface area contributed by atoms with Crippen molar-refractivity contribution in [2.45, 2.75) is 25.8 Å². The van der Waals surface area contributed by atoms with Gasteiger partial charge in [-0.1, -0.05) is 17.4 Å². The van der Waals surface area contributed by atoms with E-state index in [-0.39, 0.29) is 22.3 Å². The fraction of sp³-hybridized carbons (Fsp3) is 0.143. The van der Waals surface area contributed by atoms with E-state index in [1.807, 2.05) is 13.8 Å². The smallest absolute Gasteiger partial charge is 0.276 e. The molecule has 43 heavy (non-hydrogen) atoms. The molecule has 5 rings (SSSR count). The highest BCUT2D eigenvalue weighted by Crippen LogP contribution is 2.32. The van der Waals surface area contributed by atoms with Crippen molar-refractivity contribution in [2.75, 3.05) is 22.2 Å². The molecular weight excluding hydrogens is 595 g/mol. The van der Waals surface area contributed by atoms with Crippen molar-refractivity contribution in [1.29, 1.82) is 0 Å². The number of halogens is 1. The Hall–Kier alpha value is -5.02. The first-order valence-corrected chi connectivity index (χ1v) is 15.4. The summed E-state index contributed by atoms with van der Waals surface area (Å²) in [6, 6.07) is 13.1. The van der Waals surface area contributed by atoms with Crippen molar-refractivity contribution >= 4 is 55.4 Å².